The van der Waals surface area contributed by atoms with E-state index in [-0.39, 0.29) is 5.25 Å². The van der Waals surface area contributed by atoms with Gasteiger partial charge in [0.15, 0.2) is 0 Å². The highest BCUT2D eigenvalue weighted by molar-refractivity contribution is 7.80. The summed E-state index contributed by atoms with van der Waals surface area (Å²) in [5, 5.41) is 8.00. The van der Waals surface area contributed by atoms with Crippen molar-refractivity contribution in [1.82, 2.24) is 10.2 Å². The first-order valence-electron chi connectivity index (χ1n) is 3.80. The second-order valence-corrected chi connectivity index (χ2v) is 3.08. The fourth-order valence-corrected chi connectivity index (χ4v) is 1.31. The number of aromatic nitrogens is 2. The van der Waals surface area contributed by atoms with Gasteiger partial charge in [0.1, 0.15) is 0 Å². The molecule has 0 N–H and O–H groups in total. The van der Waals surface area contributed by atoms with E-state index in [2.05, 4.69) is 29.7 Å². The molecule has 0 aliphatic rings. The van der Waals surface area contributed by atoms with E-state index in [9.17, 15) is 0 Å². The Labute approximate surface area is 72.5 Å². The summed E-state index contributed by atoms with van der Waals surface area (Å²) >= 11 is 4.40. The fraction of sp³-hybridized carbons (Fsp3) is 0.500. The Kier molecular flexibility index (Phi) is 3.36. The summed E-state index contributed by atoms with van der Waals surface area (Å²) in [7, 11) is 0. The Hall–Kier alpha value is -0.570. The third kappa shape index (κ3) is 2.50. The molecule has 0 spiro atoms. The van der Waals surface area contributed by atoms with Gasteiger partial charge in [-0.2, -0.15) is 22.8 Å². The van der Waals surface area contributed by atoms with Crippen molar-refractivity contribution < 1.29 is 0 Å². The molecule has 1 rings (SSSR count). The molecule has 0 aromatic carbocycles. The predicted molar refractivity (Wildman–Crippen MR) is 48.7 cm³/mol. The van der Waals surface area contributed by atoms with Crippen LogP contribution in [0.5, 0.6) is 0 Å². The van der Waals surface area contributed by atoms with Gasteiger partial charge in [0, 0.05) is 11.4 Å². The van der Waals surface area contributed by atoms with Crippen molar-refractivity contribution in [2.24, 2.45) is 0 Å². The summed E-state index contributed by atoms with van der Waals surface area (Å²) in [6.45, 7) is 2.14. The molecule has 0 saturated carbocycles. The minimum absolute atomic E-state index is 0.244. The highest BCUT2D eigenvalue weighted by atomic mass is 32.1. The first kappa shape index (κ1) is 8.53. The zero-order valence-electron chi connectivity index (χ0n) is 6.57. The van der Waals surface area contributed by atoms with Crippen LogP contribution in [0.25, 0.3) is 0 Å². The topological polar surface area (TPSA) is 25.8 Å². The van der Waals surface area contributed by atoms with E-state index < -0.39 is 0 Å². The molecule has 1 aromatic rings. The Morgan fingerprint density at radius 1 is 1.64 bits per heavy atom. The highest BCUT2D eigenvalue weighted by Gasteiger charge is 2.04. The van der Waals surface area contributed by atoms with Crippen molar-refractivity contribution in [3.8, 4) is 0 Å². The standard InChI is InChI=1S/C8H12N2S/c1-2-4-8(11)7-5-3-6-9-10-7/h3,5-6,8,11H,2,4H2,1H3. The minimum atomic E-state index is 0.244. The van der Waals surface area contributed by atoms with Gasteiger partial charge < -0.3 is 0 Å². The lowest BCUT2D eigenvalue weighted by atomic mass is 10.2. The molecule has 0 bridgehead atoms. The third-order valence-electron chi connectivity index (χ3n) is 1.50. The molecule has 60 valence electrons. The Morgan fingerprint density at radius 2 is 2.45 bits per heavy atom. The molecule has 0 aliphatic heterocycles. The van der Waals surface area contributed by atoms with Gasteiger partial charge in [0.25, 0.3) is 0 Å². The van der Waals surface area contributed by atoms with Gasteiger partial charge in [-0.3, -0.25) is 0 Å². The van der Waals surface area contributed by atoms with Crippen LogP contribution in [0.3, 0.4) is 0 Å². The van der Waals surface area contributed by atoms with Crippen LogP contribution in [0, 0.1) is 0 Å². The molecule has 1 atom stereocenters. The molecule has 0 amide bonds. The zero-order chi connectivity index (χ0) is 8.10. The summed E-state index contributed by atoms with van der Waals surface area (Å²) in [4.78, 5) is 0. The van der Waals surface area contributed by atoms with Gasteiger partial charge in [-0.25, -0.2) is 0 Å². The van der Waals surface area contributed by atoms with E-state index in [1.165, 1.54) is 0 Å². The first-order valence-corrected chi connectivity index (χ1v) is 4.32. The molecule has 2 nitrogen and oxygen atoms in total. The fourth-order valence-electron chi connectivity index (χ4n) is 0.912. The molecule has 0 saturated heterocycles. The van der Waals surface area contributed by atoms with Gasteiger partial charge in [-0.05, 0) is 18.6 Å². The van der Waals surface area contributed by atoms with Crippen LogP contribution in [0.4, 0.5) is 0 Å². The van der Waals surface area contributed by atoms with Crippen LogP contribution in [0.15, 0.2) is 18.3 Å². The molecule has 0 fully saturated rings. The largest absolute Gasteiger partial charge is 0.169 e. The normalized spacial score (nSPS) is 12.9. The van der Waals surface area contributed by atoms with Gasteiger partial charge in [-0.15, -0.1) is 0 Å². The summed E-state index contributed by atoms with van der Waals surface area (Å²) in [6.07, 6.45) is 3.86. The summed E-state index contributed by atoms with van der Waals surface area (Å²) in [5.74, 6) is 0. The van der Waals surface area contributed by atoms with E-state index in [1.807, 2.05) is 12.1 Å². The minimum Gasteiger partial charge on any atom is -0.169 e. The molecule has 3 heteroatoms. The average molecular weight is 168 g/mol. The Bertz CT molecular complexity index is 201. The van der Waals surface area contributed by atoms with Crippen LogP contribution >= 0.6 is 12.6 Å². The predicted octanol–water partition coefficient (Wildman–Crippen LogP) is 2.25. The number of thiol groups is 1. The van der Waals surface area contributed by atoms with Gasteiger partial charge in [0.2, 0.25) is 0 Å². The molecular formula is C8H12N2S. The monoisotopic (exact) mass is 168 g/mol. The molecule has 0 aliphatic carbocycles. The van der Waals surface area contributed by atoms with Crippen molar-refractivity contribution in [3.05, 3.63) is 24.0 Å². The maximum Gasteiger partial charge on any atom is 0.0758 e. The maximum atomic E-state index is 4.40. The molecular weight excluding hydrogens is 156 g/mol. The van der Waals surface area contributed by atoms with Crippen LogP contribution in [-0.2, 0) is 0 Å². The zero-order valence-corrected chi connectivity index (χ0v) is 7.46. The smallest absolute Gasteiger partial charge is 0.0758 e. The lowest BCUT2D eigenvalue weighted by Gasteiger charge is -2.05. The second-order valence-electron chi connectivity index (χ2n) is 2.45. The number of rotatable bonds is 3. The van der Waals surface area contributed by atoms with E-state index in [4.69, 9.17) is 0 Å². The number of nitrogens with zero attached hydrogens (tertiary/aromatic N) is 2. The molecule has 11 heavy (non-hydrogen) atoms. The van der Waals surface area contributed by atoms with Gasteiger partial charge >= 0.3 is 0 Å². The Morgan fingerprint density at radius 3 is 3.00 bits per heavy atom. The number of hydrogen-bond acceptors (Lipinski definition) is 3. The van der Waals surface area contributed by atoms with Crippen LogP contribution in [0.2, 0.25) is 0 Å². The summed E-state index contributed by atoms with van der Waals surface area (Å²) < 4.78 is 0. The number of hydrogen-bond donors (Lipinski definition) is 1. The van der Waals surface area contributed by atoms with Crippen molar-refractivity contribution in [2.45, 2.75) is 25.0 Å². The maximum absolute atomic E-state index is 4.40. The van der Waals surface area contributed by atoms with E-state index in [1.54, 1.807) is 6.20 Å². The first-order chi connectivity index (χ1) is 5.34. The molecule has 1 aromatic heterocycles. The molecule has 1 heterocycles. The van der Waals surface area contributed by atoms with E-state index in [0.717, 1.165) is 18.5 Å². The summed E-state index contributed by atoms with van der Waals surface area (Å²) in [5.41, 5.74) is 0.970. The van der Waals surface area contributed by atoms with E-state index >= 15 is 0 Å². The van der Waals surface area contributed by atoms with Gasteiger partial charge in [-0.1, -0.05) is 13.3 Å². The van der Waals surface area contributed by atoms with Crippen LogP contribution in [-0.4, -0.2) is 10.2 Å². The van der Waals surface area contributed by atoms with Crippen LogP contribution < -0.4 is 0 Å². The second kappa shape index (κ2) is 4.34. The summed E-state index contributed by atoms with van der Waals surface area (Å²) in [6, 6.07) is 3.85. The SMILES string of the molecule is CCCC(S)c1cccnn1. The lowest BCUT2D eigenvalue weighted by molar-refractivity contribution is 0.747. The van der Waals surface area contributed by atoms with Crippen LogP contribution in [0.1, 0.15) is 30.7 Å². The van der Waals surface area contributed by atoms with Crippen molar-refractivity contribution in [2.75, 3.05) is 0 Å². The van der Waals surface area contributed by atoms with Crippen molar-refractivity contribution in [1.29, 1.82) is 0 Å². The lowest BCUT2D eigenvalue weighted by Crippen LogP contribution is -1.94. The third-order valence-corrected chi connectivity index (χ3v) is 2.02. The quantitative estimate of drug-likeness (QED) is 0.700. The van der Waals surface area contributed by atoms with E-state index in [0.29, 0.717) is 0 Å². The van der Waals surface area contributed by atoms with Crippen molar-refractivity contribution >= 4 is 12.6 Å². The molecule has 1 unspecified atom stereocenters. The Balaban J connectivity index is 2.61. The van der Waals surface area contributed by atoms with Gasteiger partial charge in [0.05, 0.1) is 5.69 Å². The molecule has 0 radical (unpaired) electrons. The average Bonchev–Trinajstić information content (AvgIpc) is 2.07. The van der Waals surface area contributed by atoms with Crippen molar-refractivity contribution in [3.63, 3.8) is 0 Å². The highest BCUT2D eigenvalue weighted by Crippen LogP contribution is 2.21.